The van der Waals surface area contributed by atoms with Crippen molar-refractivity contribution in [1.82, 2.24) is 14.3 Å². The average molecular weight is 342 g/mol. The van der Waals surface area contributed by atoms with Gasteiger partial charge in [-0.3, -0.25) is 4.79 Å². The van der Waals surface area contributed by atoms with Gasteiger partial charge < -0.3 is 14.2 Å². The fraction of sp³-hybridized carbons (Fsp3) is 0.600. The summed E-state index contributed by atoms with van der Waals surface area (Å²) in [6, 6.07) is 4.22. The Bertz CT molecular complexity index is 749. The first-order chi connectivity index (χ1) is 11.7. The third-order valence-electron chi connectivity index (χ3n) is 4.78. The Hall–Kier alpha value is -2.04. The van der Waals surface area contributed by atoms with E-state index in [0.717, 1.165) is 37.5 Å². The van der Waals surface area contributed by atoms with Crippen LogP contribution >= 0.6 is 0 Å². The van der Waals surface area contributed by atoms with Crippen LogP contribution in [0.15, 0.2) is 24.5 Å². The van der Waals surface area contributed by atoms with Gasteiger partial charge in [-0.2, -0.15) is 0 Å². The van der Waals surface area contributed by atoms with Crippen molar-refractivity contribution in [3.63, 3.8) is 0 Å². The normalized spacial score (nSPS) is 16.1. The van der Waals surface area contributed by atoms with E-state index in [9.17, 15) is 4.79 Å². The molecule has 1 aliphatic rings. The molecule has 0 saturated carbocycles. The van der Waals surface area contributed by atoms with Crippen LogP contribution in [0.3, 0.4) is 0 Å². The van der Waals surface area contributed by atoms with Crippen LogP contribution in [-0.2, 0) is 10.2 Å². The maximum Gasteiger partial charge on any atom is 0.222 e. The molecule has 2 aromatic rings. The molecule has 0 aromatic carbocycles. The summed E-state index contributed by atoms with van der Waals surface area (Å²) in [5.41, 5.74) is 3.34. The van der Waals surface area contributed by atoms with E-state index in [0.29, 0.717) is 12.3 Å². The maximum absolute atomic E-state index is 12.2. The molecule has 0 aliphatic carbocycles. The van der Waals surface area contributed by atoms with Gasteiger partial charge in [0.1, 0.15) is 5.65 Å². The number of hydrogen-bond donors (Lipinski definition) is 0. The third-order valence-corrected chi connectivity index (χ3v) is 4.78. The number of piperazine rings is 1. The number of hydrogen-bond acceptors (Lipinski definition) is 3. The van der Waals surface area contributed by atoms with E-state index < -0.39 is 0 Å². The zero-order valence-electron chi connectivity index (χ0n) is 16.1. The first kappa shape index (κ1) is 17.8. The van der Waals surface area contributed by atoms with Crippen LogP contribution in [0.1, 0.15) is 46.7 Å². The fourth-order valence-corrected chi connectivity index (χ4v) is 3.22. The molecular formula is C20H30N4O. The van der Waals surface area contributed by atoms with Gasteiger partial charge >= 0.3 is 0 Å². The van der Waals surface area contributed by atoms with E-state index in [1.807, 2.05) is 4.90 Å². The second-order valence-electron chi connectivity index (χ2n) is 8.49. The van der Waals surface area contributed by atoms with Gasteiger partial charge in [-0.1, -0.05) is 34.6 Å². The van der Waals surface area contributed by atoms with E-state index in [1.54, 1.807) is 0 Å². The number of amides is 1. The quantitative estimate of drug-likeness (QED) is 0.859. The lowest BCUT2D eigenvalue weighted by Gasteiger charge is -2.36. The Morgan fingerprint density at radius 2 is 1.80 bits per heavy atom. The summed E-state index contributed by atoms with van der Waals surface area (Å²) in [6.45, 7) is 14.1. The van der Waals surface area contributed by atoms with Crippen LogP contribution in [0.25, 0.3) is 5.65 Å². The van der Waals surface area contributed by atoms with Crippen molar-refractivity contribution >= 4 is 17.2 Å². The molecule has 0 atom stereocenters. The molecule has 136 valence electrons. The highest BCUT2D eigenvalue weighted by Crippen LogP contribution is 2.24. The zero-order chi connectivity index (χ0) is 18.2. The zero-order valence-corrected chi connectivity index (χ0v) is 16.1. The van der Waals surface area contributed by atoms with Gasteiger partial charge in [-0.25, -0.2) is 4.98 Å². The van der Waals surface area contributed by atoms with Crippen LogP contribution < -0.4 is 4.90 Å². The summed E-state index contributed by atoms with van der Waals surface area (Å²) >= 11 is 0. The van der Waals surface area contributed by atoms with Gasteiger partial charge in [-0.15, -0.1) is 0 Å². The molecule has 2 aromatic heterocycles. The molecule has 5 heteroatoms. The topological polar surface area (TPSA) is 40.9 Å². The van der Waals surface area contributed by atoms with Crippen molar-refractivity contribution in [1.29, 1.82) is 0 Å². The summed E-state index contributed by atoms with van der Waals surface area (Å²) in [7, 11) is 0. The van der Waals surface area contributed by atoms with Crippen molar-refractivity contribution in [3.05, 3.63) is 30.2 Å². The average Bonchev–Trinajstić information content (AvgIpc) is 2.98. The van der Waals surface area contributed by atoms with Crippen LogP contribution in [0.2, 0.25) is 0 Å². The number of imidazole rings is 1. The van der Waals surface area contributed by atoms with E-state index in [4.69, 9.17) is 4.98 Å². The highest BCUT2D eigenvalue weighted by Gasteiger charge is 2.22. The molecule has 0 bridgehead atoms. The minimum Gasteiger partial charge on any atom is -0.367 e. The molecule has 0 radical (unpaired) electrons. The SMILES string of the molecule is CC(C)CC(=O)N1CCN(c2ccc3nc(C(C)(C)C)cn3c2)CC1. The standard InChI is InChI=1S/C20H30N4O/c1-15(2)12-19(25)23-10-8-22(9-11-23)16-6-7-18-21-17(20(3,4)5)14-24(18)13-16/h6-7,13-15H,8-12H2,1-5H3. The number of anilines is 1. The number of nitrogens with zero attached hydrogens (tertiary/aromatic N) is 4. The predicted molar refractivity (Wildman–Crippen MR) is 102 cm³/mol. The second kappa shape index (κ2) is 6.70. The molecule has 25 heavy (non-hydrogen) atoms. The van der Waals surface area contributed by atoms with Crippen molar-refractivity contribution < 1.29 is 4.79 Å². The molecule has 3 rings (SSSR count). The molecule has 0 unspecified atom stereocenters. The van der Waals surface area contributed by atoms with Crippen LogP contribution in [0.5, 0.6) is 0 Å². The lowest BCUT2D eigenvalue weighted by molar-refractivity contribution is -0.132. The number of pyridine rings is 1. The lowest BCUT2D eigenvalue weighted by Crippen LogP contribution is -2.49. The fourth-order valence-electron chi connectivity index (χ4n) is 3.22. The van der Waals surface area contributed by atoms with Gasteiger partial charge in [0.05, 0.1) is 11.4 Å². The van der Waals surface area contributed by atoms with Crippen LogP contribution in [0, 0.1) is 5.92 Å². The molecule has 5 nitrogen and oxygen atoms in total. The number of fused-ring (bicyclic) bond motifs is 1. The van der Waals surface area contributed by atoms with Gasteiger partial charge in [0, 0.05) is 50.4 Å². The van der Waals surface area contributed by atoms with Crippen LogP contribution in [-0.4, -0.2) is 46.4 Å². The highest BCUT2D eigenvalue weighted by molar-refractivity contribution is 5.76. The second-order valence-corrected chi connectivity index (χ2v) is 8.49. The molecule has 3 heterocycles. The van der Waals surface area contributed by atoms with E-state index in [2.05, 4.69) is 68.4 Å². The molecular weight excluding hydrogens is 312 g/mol. The Labute approximate surface area is 150 Å². The first-order valence-corrected chi connectivity index (χ1v) is 9.26. The number of rotatable bonds is 3. The maximum atomic E-state index is 12.2. The van der Waals surface area contributed by atoms with Crippen LogP contribution in [0.4, 0.5) is 5.69 Å². The number of carbonyl (C=O) groups is 1. The Morgan fingerprint density at radius 1 is 1.12 bits per heavy atom. The third kappa shape index (κ3) is 3.97. The van der Waals surface area contributed by atoms with Gasteiger partial charge in [0.15, 0.2) is 0 Å². The smallest absolute Gasteiger partial charge is 0.222 e. The van der Waals surface area contributed by atoms with Crippen molar-refractivity contribution in [2.24, 2.45) is 5.92 Å². The molecule has 0 N–H and O–H groups in total. The number of carbonyl (C=O) groups excluding carboxylic acids is 1. The summed E-state index contributed by atoms with van der Waals surface area (Å²) in [5, 5.41) is 0. The van der Waals surface area contributed by atoms with Crippen molar-refractivity contribution in [2.45, 2.75) is 46.5 Å². The summed E-state index contributed by atoms with van der Waals surface area (Å²) in [4.78, 5) is 21.3. The number of aromatic nitrogens is 2. The lowest BCUT2D eigenvalue weighted by atomic mass is 9.93. The van der Waals surface area contributed by atoms with Crippen molar-refractivity contribution in [3.8, 4) is 0 Å². The predicted octanol–water partition coefficient (Wildman–Crippen LogP) is 3.33. The largest absolute Gasteiger partial charge is 0.367 e. The van der Waals surface area contributed by atoms with Crippen molar-refractivity contribution in [2.75, 3.05) is 31.1 Å². The van der Waals surface area contributed by atoms with E-state index in [1.165, 1.54) is 5.69 Å². The van der Waals surface area contributed by atoms with Gasteiger partial charge in [0.25, 0.3) is 0 Å². The first-order valence-electron chi connectivity index (χ1n) is 9.26. The molecule has 1 aliphatic heterocycles. The molecule has 1 amide bonds. The van der Waals surface area contributed by atoms with Gasteiger partial charge in [0.2, 0.25) is 5.91 Å². The Balaban J connectivity index is 1.70. The van der Waals surface area contributed by atoms with Gasteiger partial charge in [-0.05, 0) is 18.1 Å². The molecule has 0 spiro atoms. The Kier molecular flexibility index (Phi) is 4.76. The Morgan fingerprint density at radius 3 is 2.40 bits per heavy atom. The highest BCUT2D eigenvalue weighted by atomic mass is 16.2. The molecule has 1 saturated heterocycles. The van der Waals surface area contributed by atoms with E-state index >= 15 is 0 Å². The van der Waals surface area contributed by atoms with E-state index in [-0.39, 0.29) is 11.3 Å². The summed E-state index contributed by atoms with van der Waals surface area (Å²) in [5.74, 6) is 0.709. The molecule has 1 fully saturated rings. The summed E-state index contributed by atoms with van der Waals surface area (Å²) < 4.78 is 2.12. The summed E-state index contributed by atoms with van der Waals surface area (Å²) in [6.07, 6.45) is 4.93. The monoisotopic (exact) mass is 342 g/mol. The minimum absolute atomic E-state index is 0.0502. The minimum atomic E-state index is 0.0502.